The van der Waals surface area contributed by atoms with Gasteiger partial charge in [0.25, 0.3) is 0 Å². The van der Waals surface area contributed by atoms with Crippen molar-refractivity contribution in [2.45, 2.75) is 33.1 Å². The molecule has 1 aliphatic rings. The lowest BCUT2D eigenvalue weighted by atomic mass is 9.96. The van der Waals surface area contributed by atoms with Crippen molar-refractivity contribution in [1.82, 2.24) is 0 Å². The first-order valence-electron chi connectivity index (χ1n) is 3.74. The van der Waals surface area contributed by atoms with E-state index in [2.05, 4.69) is 13.8 Å². The van der Waals surface area contributed by atoms with Crippen LogP contribution in [0.3, 0.4) is 0 Å². The molecule has 0 heterocycles. The summed E-state index contributed by atoms with van der Waals surface area (Å²) in [6, 6.07) is 0. The fraction of sp³-hybridized carbons (Fsp3) is 1.00. The molecule has 0 nitrogen and oxygen atoms in total. The first kappa shape index (κ1) is 7.04. The van der Waals surface area contributed by atoms with Crippen LogP contribution in [0.25, 0.3) is 0 Å². The molecule has 0 N–H and O–H groups in total. The summed E-state index contributed by atoms with van der Waals surface area (Å²) in [5, 5.41) is 0. The Hall–Kier alpha value is -0.0700. The van der Waals surface area contributed by atoms with Crippen molar-refractivity contribution < 1.29 is 4.39 Å². The molecule has 0 unspecified atom stereocenters. The van der Waals surface area contributed by atoms with Crippen molar-refractivity contribution in [2.75, 3.05) is 6.67 Å². The summed E-state index contributed by atoms with van der Waals surface area (Å²) in [6.07, 6.45) is 3.34. The SMILES string of the molecule is CC(C)CC1(CF)CC1. The largest absolute Gasteiger partial charge is 0.250 e. The van der Waals surface area contributed by atoms with Crippen LogP contribution in [-0.2, 0) is 0 Å². The van der Waals surface area contributed by atoms with Crippen LogP contribution in [0.5, 0.6) is 0 Å². The first-order chi connectivity index (χ1) is 4.18. The summed E-state index contributed by atoms with van der Waals surface area (Å²) in [5.74, 6) is 0.670. The van der Waals surface area contributed by atoms with E-state index < -0.39 is 0 Å². The van der Waals surface area contributed by atoms with Gasteiger partial charge in [-0.2, -0.15) is 0 Å². The molecule has 0 aromatic carbocycles. The number of rotatable bonds is 3. The van der Waals surface area contributed by atoms with E-state index in [9.17, 15) is 4.39 Å². The third-order valence-electron chi connectivity index (χ3n) is 2.08. The first-order valence-corrected chi connectivity index (χ1v) is 3.74. The maximum Gasteiger partial charge on any atom is 0.0950 e. The minimum atomic E-state index is -0.0921. The summed E-state index contributed by atoms with van der Waals surface area (Å²) in [4.78, 5) is 0. The third kappa shape index (κ3) is 1.67. The average Bonchev–Trinajstić information content (AvgIpc) is 2.48. The molecule has 1 heteroatoms. The second-order valence-corrected chi connectivity index (χ2v) is 3.73. The Morgan fingerprint density at radius 3 is 2.11 bits per heavy atom. The predicted octanol–water partition coefficient (Wildman–Crippen LogP) is 2.78. The van der Waals surface area contributed by atoms with Crippen molar-refractivity contribution >= 4 is 0 Å². The standard InChI is InChI=1S/C8H15F/c1-7(2)5-8(6-9)3-4-8/h7H,3-6H2,1-2H3. The van der Waals surface area contributed by atoms with E-state index in [0.717, 1.165) is 19.3 Å². The van der Waals surface area contributed by atoms with Crippen molar-refractivity contribution in [3.05, 3.63) is 0 Å². The molecule has 54 valence electrons. The van der Waals surface area contributed by atoms with Crippen LogP contribution in [0.1, 0.15) is 33.1 Å². The minimum absolute atomic E-state index is 0.0921. The molecule has 0 aromatic heterocycles. The zero-order valence-corrected chi connectivity index (χ0v) is 6.28. The van der Waals surface area contributed by atoms with Crippen LogP contribution in [0.2, 0.25) is 0 Å². The van der Waals surface area contributed by atoms with Gasteiger partial charge in [-0.15, -0.1) is 0 Å². The summed E-state index contributed by atoms with van der Waals surface area (Å²) >= 11 is 0. The lowest BCUT2D eigenvalue weighted by Crippen LogP contribution is -2.06. The van der Waals surface area contributed by atoms with E-state index in [1.165, 1.54) is 0 Å². The van der Waals surface area contributed by atoms with Crippen LogP contribution in [0.15, 0.2) is 0 Å². The Morgan fingerprint density at radius 2 is 2.00 bits per heavy atom. The molecule has 1 fully saturated rings. The molecule has 1 rings (SSSR count). The predicted molar refractivity (Wildman–Crippen MR) is 37.1 cm³/mol. The van der Waals surface area contributed by atoms with Gasteiger partial charge < -0.3 is 0 Å². The Morgan fingerprint density at radius 1 is 1.44 bits per heavy atom. The van der Waals surface area contributed by atoms with Gasteiger partial charge in [0, 0.05) is 0 Å². The van der Waals surface area contributed by atoms with E-state index in [-0.39, 0.29) is 12.1 Å². The van der Waals surface area contributed by atoms with Gasteiger partial charge in [-0.25, -0.2) is 0 Å². The van der Waals surface area contributed by atoms with Crippen LogP contribution in [-0.4, -0.2) is 6.67 Å². The average molecular weight is 130 g/mol. The normalized spacial score (nSPS) is 22.7. The van der Waals surface area contributed by atoms with Crippen LogP contribution in [0.4, 0.5) is 4.39 Å². The highest BCUT2D eigenvalue weighted by molar-refractivity contribution is 4.92. The van der Waals surface area contributed by atoms with Crippen LogP contribution < -0.4 is 0 Å². The Bertz CT molecular complexity index is 92.7. The molecular formula is C8H15F. The molecule has 0 amide bonds. The van der Waals surface area contributed by atoms with Crippen molar-refractivity contribution in [3.8, 4) is 0 Å². The Kier molecular flexibility index (Phi) is 1.78. The number of alkyl halides is 1. The van der Waals surface area contributed by atoms with Crippen molar-refractivity contribution in [1.29, 1.82) is 0 Å². The van der Waals surface area contributed by atoms with Gasteiger partial charge in [-0.05, 0) is 30.6 Å². The molecule has 1 aliphatic carbocycles. The van der Waals surface area contributed by atoms with Crippen molar-refractivity contribution in [2.24, 2.45) is 11.3 Å². The molecule has 0 aliphatic heterocycles. The Balaban J connectivity index is 2.25. The van der Waals surface area contributed by atoms with E-state index in [4.69, 9.17) is 0 Å². The lowest BCUT2D eigenvalue weighted by Gasteiger charge is -2.11. The zero-order valence-electron chi connectivity index (χ0n) is 6.28. The molecule has 1 saturated carbocycles. The van der Waals surface area contributed by atoms with Gasteiger partial charge >= 0.3 is 0 Å². The molecule has 0 saturated heterocycles. The highest BCUT2D eigenvalue weighted by atomic mass is 19.1. The fourth-order valence-corrected chi connectivity index (χ4v) is 1.44. The molecule has 0 aromatic rings. The fourth-order valence-electron chi connectivity index (χ4n) is 1.44. The third-order valence-corrected chi connectivity index (χ3v) is 2.08. The van der Waals surface area contributed by atoms with Gasteiger partial charge in [0.05, 0.1) is 6.67 Å². The Labute approximate surface area is 56.5 Å². The topological polar surface area (TPSA) is 0 Å². The lowest BCUT2D eigenvalue weighted by molar-refractivity contribution is 0.292. The molecule has 0 radical (unpaired) electrons. The molecule has 9 heavy (non-hydrogen) atoms. The summed E-state index contributed by atoms with van der Waals surface area (Å²) in [5.41, 5.74) is 0.147. The van der Waals surface area contributed by atoms with Gasteiger partial charge in [-0.1, -0.05) is 13.8 Å². The van der Waals surface area contributed by atoms with Gasteiger partial charge in [0.1, 0.15) is 0 Å². The molecule has 0 spiro atoms. The number of hydrogen-bond donors (Lipinski definition) is 0. The highest BCUT2D eigenvalue weighted by Gasteiger charge is 2.42. The molecular weight excluding hydrogens is 115 g/mol. The molecule has 0 atom stereocenters. The maximum atomic E-state index is 12.2. The monoisotopic (exact) mass is 130 g/mol. The minimum Gasteiger partial charge on any atom is -0.250 e. The van der Waals surface area contributed by atoms with E-state index in [1.807, 2.05) is 0 Å². The van der Waals surface area contributed by atoms with Gasteiger partial charge in [0.15, 0.2) is 0 Å². The molecule has 0 bridgehead atoms. The number of hydrogen-bond acceptors (Lipinski definition) is 0. The second kappa shape index (κ2) is 2.28. The van der Waals surface area contributed by atoms with Gasteiger partial charge in [0.2, 0.25) is 0 Å². The summed E-state index contributed by atoms with van der Waals surface area (Å²) < 4.78 is 12.2. The quantitative estimate of drug-likeness (QED) is 0.551. The summed E-state index contributed by atoms with van der Waals surface area (Å²) in [6.45, 7) is 4.23. The van der Waals surface area contributed by atoms with Crippen molar-refractivity contribution in [3.63, 3.8) is 0 Å². The number of halogens is 1. The van der Waals surface area contributed by atoms with Gasteiger partial charge in [-0.3, -0.25) is 4.39 Å². The van der Waals surface area contributed by atoms with E-state index >= 15 is 0 Å². The second-order valence-electron chi connectivity index (χ2n) is 3.73. The summed E-state index contributed by atoms with van der Waals surface area (Å²) in [7, 11) is 0. The smallest absolute Gasteiger partial charge is 0.0950 e. The maximum absolute atomic E-state index is 12.2. The highest BCUT2D eigenvalue weighted by Crippen LogP contribution is 2.50. The van der Waals surface area contributed by atoms with Crippen LogP contribution >= 0.6 is 0 Å². The van der Waals surface area contributed by atoms with E-state index in [1.54, 1.807) is 0 Å². The van der Waals surface area contributed by atoms with Crippen LogP contribution in [0, 0.1) is 11.3 Å². The zero-order chi connectivity index (χ0) is 6.91. The van der Waals surface area contributed by atoms with E-state index in [0.29, 0.717) is 5.92 Å².